The van der Waals surface area contributed by atoms with Gasteiger partial charge in [0.1, 0.15) is 0 Å². The molecule has 124 valence electrons. The van der Waals surface area contributed by atoms with Gasteiger partial charge in [-0.3, -0.25) is 0 Å². The number of aliphatic hydroxyl groups is 1. The molecule has 2 aliphatic heterocycles. The van der Waals surface area contributed by atoms with Gasteiger partial charge in [-0.1, -0.05) is 6.92 Å². The molecule has 2 rings (SSSR count). The van der Waals surface area contributed by atoms with Gasteiger partial charge in [-0.2, -0.15) is 0 Å². The highest BCUT2D eigenvalue weighted by Gasteiger charge is 2.53. The topological polar surface area (TPSA) is 44.7 Å². The first-order chi connectivity index (χ1) is 9.80. The Balaban J connectivity index is 2.02. The standard InChI is InChI=1S/C17H34N2O2/c1-6-18-15-14(16(2,3)21-17(15,4)5)12-19-9-7-13(11-19)8-10-20/h13-15,18,20H,6-12H2,1-5H3. The van der Waals surface area contributed by atoms with Crippen LogP contribution in [-0.2, 0) is 4.74 Å². The molecule has 2 saturated heterocycles. The number of ether oxygens (including phenoxy) is 1. The van der Waals surface area contributed by atoms with E-state index < -0.39 is 0 Å². The van der Waals surface area contributed by atoms with Crippen molar-refractivity contribution >= 4 is 0 Å². The number of aliphatic hydroxyl groups excluding tert-OH is 1. The number of nitrogens with one attached hydrogen (secondary N) is 1. The van der Waals surface area contributed by atoms with Crippen molar-refractivity contribution in [3.63, 3.8) is 0 Å². The van der Waals surface area contributed by atoms with E-state index in [1.165, 1.54) is 6.42 Å². The lowest BCUT2D eigenvalue weighted by molar-refractivity contribution is -0.0793. The van der Waals surface area contributed by atoms with Gasteiger partial charge in [0.15, 0.2) is 0 Å². The largest absolute Gasteiger partial charge is 0.396 e. The molecule has 4 heteroatoms. The summed E-state index contributed by atoms with van der Waals surface area (Å²) in [5.74, 6) is 1.17. The zero-order chi connectivity index (χ0) is 15.7. The fourth-order valence-electron chi connectivity index (χ4n) is 4.41. The highest BCUT2D eigenvalue weighted by atomic mass is 16.5. The molecule has 0 aromatic heterocycles. The predicted octanol–water partition coefficient (Wildman–Crippen LogP) is 1.87. The minimum Gasteiger partial charge on any atom is -0.396 e. The summed E-state index contributed by atoms with van der Waals surface area (Å²) in [5.41, 5.74) is -0.209. The Morgan fingerprint density at radius 2 is 1.95 bits per heavy atom. The average molecular weight is 298 g/mol. The van der Waals surface area contributed by atoms with Gasteiger partial charge in [0.05, 0.1) is 11.2 Å². The molecule has 0 bridgehead atoms. The molecule has 0 aromatic rings. The van der Waals surface area contributed by atoms with E-state index in [1.54, 1.807) is 0 Å². The highest BCUT2D eigenvalue weighted by molar-refractivity contribution is 5.06. The molecular weight excluding hydrogens is 264 g/mol. The SMILES string of the molecule is CCNC1C(CN2CCC(CCO)C2)C(C)(C)OC1(C)C. The molecule has 0 amide bonds. The van der Waals surface area contributed by atoms with Crippen LogP contribution in [0.25, 0.3) is 0 Å². The first-order valence-electron chi connectivity index (χ1n) is 8.57. The minimum atomic E-state index is -0.117. The summed E-state index contributed by atoms with van der Waals surface area (Å²) in [6.45, 7) is 15.8. The number of likely N-dealkylation sites (N-methyl/N-ethyl adjacent to an activating group) is 1. The van der Waals surface area contributed by atoms with Crippen molar-refractivity contribution in [2.24, 2.45) is 11.8 Å². The molecule has 0 saturated carbocycles. The Kier molecular flexibility index (Phi) is 5.35. The van der Waals surface area contributed by atoms with Crippen molar-refractivity contribution in [2.75, 3.05) is 32.8 Å². The summed E-state index contributed by atoms with van der Waals surface area (Å²) < 4.78 is 6.37. The van der Waals surface area contributed by atoms with E-state index in [2.05, 4.69) is 44.8 Å². The Morgan fingerprint density at radius 3 is 2.57 bits per heavy atom. The molecule has 0 spiro atoms. The van der Waals surface area contributed by atoms with Crippen LogP contribution in [0, 0.1) is 11.8 Å². The van der Waals surface area contributed by atoms with Gasteiger partial charge in [0, 0.05) is 31.7 Å². The summed E-state index contributed by atoms with van der Waals surface area (Å²) in [6, 6.07) is 0.398. The minimum absolute atomic E-state index is 0.0919. The van der Waals surface area contributed by atoms with Gasteiger partial charge in [0.25, 0.3) is 0 Å². The van der Waals surface area contributed by atoms with E-state index in [0.29, 0.717) is 24.5 Å². The average Bonchev–Trinajstić information content (AvgIpc) is 2.86. The summed E-state index contributed by atoms with van der Waals surface area (Å²) >= 11 is 0. The summed E-state index contributed by atoms with van der Waals surface area (Å²) in [4.78, 5) is 2.57. The quantitative estimate of drug-likeness (QED) is 0.786. The zero-order valence-electron chi connectivity index (χ0n) is 14.5. The number of hydrogen-bond acceptors (Lipinski definition) is 4. The number of likely N-dealkylation sites (tertiary alicyclic amines) is 1. The molecule has 4 nitrogen and oxygen atoms in total. The van der Waals surface area contributed by atoms with Crippen LogP contribution >= 0.6 is 0 Å². The summed E-state index contributed by atoms with van der Waals surface area (Å²) in [7, 11) is 0. The molecule has 0 aromatic carbocycles. The fourth-order valence-corrected chi connectivity index (χ4v) is 4.41. The third kappa shape index (κ3) is 3.79. The highest BCUT2D eigenvalue weighted by Crippen LogP contribution is 2.43. The monoisotopic (exact) mass is 298 g/mol. The molecule has 3 unspecified atom stereocenters. The Labute approximate surface area is 130 Å². The van der Waals surface area contributed by atoms with E-state index in [4.69, 9.17) is 9.84 Å². The lowest BCUT2D eigenvalue weighted by Gasteiger charge is -2.33. The third-order valence-electron chi connectivity index (χ3n) is 5.36. The van der Waals surface area contributed by atoms with Crippen molar-refractivity contribution < 1.29 is 9.84 Å². The maximum atomic E-state index is 9.11. The fraction of sp³-hybridized carbons (Fsp3) is 1.00. The number of hydrogen-bond donors (Lipinski definition) is 2. The third-order valence-corrected chi connectivity index (χ3v) is 5.36. The van der Waals surface area contributed by atoms with Gasteiger partial charge < -0.3 is 20.1 Å². The van der Waals surface area contributed by atoms with Crippen molar-refractivity contribution in [3.8, 4) is 0 Å². The Hall–Kier alpha value is -0.160. The van der Waals surface area contributed by atoms with Crippen molar-refractivity contribution in [3.05, 3.63) is 0 Å². The van der Waals surface area contributed by atoms with Crippen LogP contribution in [0.4, 0.5) is 0 Å². The molecule has 0 aliphatic carbocycles. The van der Waals surface area contributed by atoms with E-state index >= 15 is 0 Å². The summed E-state index contributed by atoms with van der Waals surface area (Å²) in [6.07, 6.45) is 2.17. The molecule has 21 heavy (non-hydrogen) atoms. The van der Waals surface area contributed by atoms with Crippen LogP contribution in [0.5, 0.6) is 0 Å². The van der Waals surface area contributed by atoms with Crippen LogP contribution in [0.15, 0.2) is 0 Å². The van der Waals surface area contributed by atoms with Crippen LogP contribution in [-0.4, -0.2) is 60.0 Å². The molecule has 2 aliphatic rings. The van der Waals surface area contributed by atoms with Crippen molar-refractivity contribution in [1.29, 1.82) is 0 Å². The second-order valence-electron chi connectivity index (χ2n) is 7.88. The van der Waals surface area contributed by atoms with Crippen LogP contribution < -0.4 is 5.32 Å². The van der Waals surface area contributed by atoms with Crippen LogP contribution in [0.1, 0.15) is 47.5 Å². The molecule has 2 N–H and O–H groups in total. The van der Waals surface area contributed by atoms with Gasteiger partial charge >= 0.3 is 0 Å². The maximum absolute atomic E-state index is 9.11. The first kappa shape index (κ1) is 17.2. The zero-order valence-corrected chi connectivity index (χ0v) is 14.5. The Morgan fingerprint density at radius 1 is 1.24 bits per heavy atom. The normalized spacial score (nSPS) is 35.4. The lowest BCUT2D eigenvalue weighted by Crippen LogP contribution is -2.50. The first-order valence-corrected chi connectivity index (χ1v) is 8.57. The second kappa shape index (κ2) is 6.53. The van der Waals surface area contributed by atoms with Gasteiger partial charge in [0.2, 0.25) is 0 Å². The van der Waals surface area contributed by atoms with Crippen molar-refractivity contribution in [2.45, 2.75) is 64.7 Å². The smallest absolute Gasteiger partial charge is 0.0790 e. The van der Waals surface area contributed by atoms with E-state index in [-0.39, 0.29) is 11.2 Å². The maximum Gasteiger partial charge on any atom is 0.0790 e. The summed E-state index contributed by atoms with van der Waals surface area (Å²) in [5, 5.41) is 12.8. The Bertz CT molecular complexity index is 344. The van der Waals surface area contributed by atoms with E-state index in [0.717, 1.165) is 32.6 Å². The van der Waals surface area contributed by atoms with Gasteiger partial charge in [-0.25, -0.2) is 0 Å². The molecular formula is C17H34N2O2. The predicted molar refractivity (Wildman–Crippen MR) is 86.4 cm³/mol. The number of rotatable bonds is 6. The van der Waals surface area contributed by atoms with Crippen LogP contribution in [0.3, 0.4) is 0 Å². The lowest BCUT2D eigenvalue weighted by atomic mass is 9.82. The van der Waals surface area contributed by atoms with E-state index in [9.17, 15) is 0 Å². The van der Waals surface area contributed by atoms with Crippen molar-refractivity contribution in [1.82, 2.24) is 10.2 Å². The second-order valence-corrected chi connectivity index (χ2v) is 7.88. The van der Waals surface area contributed by atoms with Gasteiger partial charge in [-0.05, 0) is 59.5 Å². The van der Waals surface area contributed by atoms with Crippen LogP contribution in [0.2, 0.25) is 0 Å². The molecule has 3 atom stereocenters. The number of nitrogens with zero attached hydrogens (tertiary/aromatic N) is 1. The molecule has 2 fully saturated rings. The molecule has 0 radical (unpaired) electrons. The van der Waals surface area contributed by atoms with E-state index in [1.807, 2.05) is 0 Å². The molecule has 2 heterocycles. The van der Waals surface area contributed by atoms with Gasteiger partial charge in [-0.15, -0.1) is 0 Å².